The summed E-state index contributed by atoms with van der Waals surface area (Å²) in [5, 5.41) is 18.8. The third-order valence-corrected chi connectivity index (χ3v) is 9.94. The van der Waals surface area contributed by atoms with Crippen LogP contribution in [0.5, 0.6) is 0 Å². The van der Waals surface area contributed by atoms with E-state index in [1.807, 2.05) is 10.9 Å². The van der Waals surface area contributed by atoms with Gasteiger partial charge in [-0.3, -0.25) is 4.68 Å². The molecule has 0 spiro atoms. The molecule has 0 amide bonds. The second-order valence-electron chi connectivity index (χ2n) is 11.5. The van der Waals surface area contributed by atoms with Gasteiger partial charge in [-0.05, 0) is 112 Å². The Morgan fingerprint density at radius 3 is 2.64 bits per heavy atom. The van der Waals surface area contributed by atoms with Crippen LogP contribution in [0.2, 0.25) is 0 Å². The van der Waals surface area contributed by atoms with Crippen molar-refractivity contribution >= 4 is 0 Å². The molecular weight excluding hydrogens is 346 g/mol. The highest BCUT2D eigenvalue weighted by molar-refractivity contribution is 5.07. The predicted molar refractivity (Wildman–Crippen MR) is 110 cm³/mol. The van der Waals surface area contributed by atoms with E-state index < -0.39 is 5.60 Å². The molecule has 9 atom stereocenters. The van der Waals surface area contributed by atoms with Crippen LogP contribution in [0, 0.1) is 46.8 Å². The fraction of sp³-hybridized carbons (Fsp3) is 0.917. The van der Waals surface area contributed by atoms with Gasteiger partial charge < -0.3 is 5.11 Å². The number of aromatic nitrogens is 3. The summed E-state index contributed by atoms with van der Waals surface area (Å²) in [6.45, 7) is 8.18. The molecule has 0 saturated heterocycles. The van der Waals surface area contributed by atoms with Gasteiger partial charge >= 0.3 is 0 Å². The summed E-state index contributed by atoms with van der Waals surface area (Å²) >= 11 is 0. The van der Waals surface area contributed by atoms with Crippen molar-refractivity contribution in [3.8, 4) is 0 Å². The minimum absolute atomic E-state index is 0.396. The van der Waals surface area contributed by atoms with Crippen LogP contribution in [0.3, 0.4) is 0 Å². The zero-order valence-electron chi connectivity index (χ0n) is 18.1. The van der Waals surface area contributed by atoms with Gasteiger partial charge in [0.2, 0.25) is 0 Å². The molecule has 1 N–H and O–H groups in total. The third-order valence-electron chi connectivity index (χ3n) is 9.94. The highest BCUT2D eigenvalue weighted by atomic mass is 16.3. The maximum Gasteiger partial charge on any atom is 0.0692 e. The van der Waals surface area contributed by atoms with E-state index in [0.29, 0.717) is 11.3 Å². The van der Waals surface area contributed by atoms with Crippen molar-refractivity contribution in [1.29, 1.82) is 0 Å². The van der Waals surface area contributed by atoms with Gasteiger partial charge in [-0.1, -0.05) is 19.1 Å². The van der Waals surface area contributed by atoms with E-state index in [2.05, 4.69) is 31.1 Å². The van der Waals surface area contributed by atoms with Crippen LogP contribution in [0.4, 0.5) is 0 Å². The van der Waals surface area contributed by atoms with Crippen molar-refractivity contribution in [2.24, 2.45) is 46.8 Å². The fourth-order valence-electron chi connectivity index (χ4n) is 8.81. The molecule has 28 heavy (non-hydrogen) atoms. The Morgan fingerprint density at radius 2 is 1.86 bits per heavy atom. The van der Waals surface area contributed by atoms with Crippen molar-refractivity contribution in [3.63, 3.8) is 0 Å². The molecular formula is C24H39N3O. The van der Waals surface area contributed by atoms with Crippen LogP contribution < -0.4 is 0 Å². The summed E-state index contributed by atoms with van der Waals surface area (Å²) in [6, 6.07) is 0. The Bertz CT molecular complexity index is 686. The first-order chi connectivity index (χ1) is 13.4. The zero-order chi connectivity index (χ0) is 19.5. The third kappa shape index (κ3) is 3.05. The zero-order valence-corrected chi connectivity index (χ0v) is 18.1. The second kappa shape index (κ2) is 6.82. The highest BCUT2D eigenvalue weighted by Crippen LogP contribution is 2.65. The molecule has 1 unspecified atom stereocenters. The lowest BCUT2D eigenvalue weighted by Gasteiger charge is -2.57. The number of hydrogen-bond acceptors (Lipinski definition) is 3. The second-order valence-corrected chi connectivity index (χ2v) is 11.5. The molecule has 1 aromatic rings. The van der Waals surface area contributed by atoms with Crippen molar-refractivity contribution in [1.82, 2.24) is 15.0 Å². The van der Waals surface area contributed by atoms with E-state index in [9.17, 15) is 5.11 Å². The number of rotatable bonds is 3. The Morgan fingerprint density at radius 1 is 1.04 bits per heavy atom. The van der Waals surface area contributed by atoms with E-state index in [0.717, 1.165) is 54.9 Å². The molecule has 4 fully saturated rings. The van der Waals surface area contributed by atoms with Crippen LogP contribution in [0.1, 0.15) is 78.6 Å². The maximum atomic E-state index is 10.6. The van der Waals surface area contributed by atoms with Gasteiger partial charge in [-0.2, -0.15) is 0 Å². The van der Waals surface area contributed by atoms with E-state index in [4.69, 9.17) is 0 Å². The molecule has 1 aromatic heterocycles. The average Bonchev–Trinajstić information content (AvgIpc) is 3.27. The van der Waals surface area contributed by atoms with Crippen LogP contribution in [-0.2, 0) is 6.54 Å². The van der Waals surface area contributed by atoms with Gasteiger partial charge in [0.05, 0.1) is 11.8 Å². The lowest BCUT2D eigenvalue weighted by Crippen LogP contribution is -2.51. The summed E-state index contributed by atoms with van der Waals surface area (Å²) in [4.78, 5) is 0. The van der Waals surface area contributed by atoms with E-state index in [-0.39, 0.29) is 0 Å². The molecule has 4 heteroatoms. The van der Waals surface area contributed by atoms with Crippen molar-refractivity contribution < 1.29 is 5.11 Å². The maximum absolute atomic E-state index is 10.6. The molecule has 0 aromatic carbocycles. The van der Waals surface area contributed by atoms with Crippen LogP contribution in [0.15, 0.2) is 12.4 Å². The summed E-state index contributed by atoms with van der Waals surface area (Å²) in [5.41, 5.74) is 0.126. The van der Waals surface area contributed by atoms with Gasteiger partial charge in [-0.25, -0.2) is 0 Å². The summed E-state index contributed by atoms with van der Waals surface area (Å²) < 4.78 is 2.03. The molecule has 5 rings (SSSR count). The lowest BCUT2D eigenvalue weighted by molar-refractivity contribution is -0.103. The Labute approximate surface area is 170 Å². The van der Waals surface area contributed by atoms with Gasteiger partial charge in [0, 0.05) is 12.7 Å². The van der Waals surface area contributed by atoms with Crippen LogP contribution >= 0.6 is 0 Å². The molecule has 0 bridgehead atoms. The van der Waals surface area contributed by atoms with Crippen molar-refractivity contribution in [3.05, 3.63) is 12.4 Å². The fourth-order valence-corrected chi connectivity index (χ4v) is 8.81. The van der Waals surface area contributed by atoms with Gasteiger partial charge in [0.15, 0.2) is 0 Å². The molecule has 4 aliphatic carbocycles. The van der Waals surface area contributed by atoms with Crippen LogP contribution in [-0.4, -0.2) is 25.7 Å². The van der Waals surface area contributed by atoms with Gasteiger partial charge in [0.25, 0.3) is 0 Å². The normalized spacial score (nSPS) is 49.1. The predicted octanol–water partition coefficient (Wildman–Crippen LogP) is 4.93. The number of nitrogens with zero attached hydrogens (tertiary/aromatic N) is 3. The first kappa shape index (κ1) is 19.1. The smallest absolute Gasteiger partial charge is 0.0692 e. The van der Waals surface area contributed by atoms with E-state index in [1.54, 1.807) is 6.20 Å². The Balaban J connectivity index is 1.31. The quantitative estimate of drug-likeness (QED) is 0.802. The molecule has 0 aliphatic heterocycles. The van der Waals surface area contributed by atoms with Crippen molar-refractivity contribution in [2.75, 3.05) is 0 Å². The molecule has 1 heterocycles. The summed E-state index contributed by atoms with van der Waals surface area (Å²) in [7, 11) is 0. The lowest BCUT2D eigenvalue weighted by atomic mass is 9.48. The first-order valence-corrected chi connectivity index (χ1v) is 11.9. The van der Waals surface area contributed by atoms with Crippen molar-refractivity contribution in [2.45, 2.75) is 90.7 Å². The van der Waals surface area contributed by atoms with Gasteiger partial charge in [-0.15, -0.1) is 5.10 Å². The van der Waals surface area contributed by atoms with Gasteiger partial charge in [0.1, 0.15) is 0 Å². The SMILES string of the molecule is CC(Cn1ccnn1)[C@H]1CC[C@H]2[C@@H]3CC[C@H]4C[C@](C)(O)CC[C@@H]4[C@H]3CC[C@]12C. The largest absolute Gasteiger partial charge is 0.390 e. The van der Waals surface area contributed by atoms with E-state index in [1.165, 1.54) is 44.9 Å². The molecule has 156 valence electrons. The molecule has 0 radical (unpaired) electrons. The Hall–Kier alpha value is -0.900. The average molecular weight is 386 g/mol. The van der Waals surface area contributed by atoms with Crippen LogP contribution in [0.25, 0.3) is 0 Å². The summed E-state index contributed by atoms with van der Waals surface area (Å²) in [5.74, 6) is 6.01. The molecule has 4 aliphatic rings. The standard InChI is InChI=1S/C24H39N3O/c1-16(15-27-13-12-25-26-27)21-6-7-22-20-5-4-17-14-23(2,28)10-8-18(17)19(20)9-11-24(21,22)3/h12-13,16-22,28H,4-11,14-15H2,1-3H3/t16?,17-,18-,19+,20+,21+,22-,23+,24+/m0/s1. The summed E-state index contributed by atoms with van der Waals surface area (Å²) in [6.07, 6.45) is 15.7. The first-order valence-electron chi connectivity index (χ1n) is 11.9. The monoisotopic (exact) mass is 385 g/mol. The topological polar surface area (TPSA) is 50.9 Å². The van der Waals surface area contributed by atoms with E-state index >= 15 is 0 Å². The minimum Gasteiger partial charge on any atom is -0.390 e. The molecule has 4 saturated carbocycles. The number of fused-ring (bicyclic) bond motifs is 5. The number of hydrogen-bond donors (Lipinski definition) is 1. The minimum atomic E-state index is -0.396. The Kier molecular flexibility index (Phi) is 4.65. The highest BCUT2D eigenvalue weighted by Gasteiger charge is 2.58. The molecule has 4 nitrogen and oxygen atoms in total. The number of aliphatic hydroxyl groups is 1.